The summed E-state index contributed by atoms with van der Waals surface area (Å²) in [6.45, 7) is 2.01. The second kappa shape index (κ2) is 7.03. The molecule has 0 amide bonds. The Labute approximate surface area is 119 Å². The molecule has 4 heteroatoms. The highest BCUT2D eigenvalue weighted by atomic mass is 16.5. The molecular formula is C16H20N2O2. The number of aliphatic hydroxyl groups excluding tert-OH is 1. The van der Waals surface area contributed by atoms with Crippen molar-refractivity contribution in [2.45, 2.75) is 25.5 Å². The third-order valence-electron chi connectivity index (χ3n) is 3.12. The Hall–Kier alpha value is -1.91. The second-order valence-electron chi connectivity index (χ2n) is 4.76. The Bertz CT molecular complexity index is 529. The highest BCUT2D eigenvalue weighted by molar-refractivity contribution is 5.34. The van der Waals surface area contributed by atoms with Crippen LogP contribution in [0.2, 0.25) is 0 Å². The van der Waals surface area contributed by atoms with Crippen molar-refractivity contribution in [1.82, 2.24) is 4.98 Å². The maximum absolute atomic E-state index is 9.12. The van der Waals surface area contributed by atoms with Crippen molar-refractivity contribution in [3.63, 3.8) is 0 Å². The topological polar surface area (TPSA) is 68.4 Å². The van der Waals surface area contributed by atoms with E-state index < -0.39 is 0 Å². The highest BCUT2D eigenvalue weighted by Gasteiger charge is 2.19. The Morgan fingerprint density at radius 1 is 1.20 bits per heavy atom. The van der Waals surface area contributed by atoms with Crippen LogP contribution in [0.15, 0.2) is 48.8 Å². The average Bonchev–Trinajstić information content (AvgIpc) is 2.47. The third kappa shape index (κ3) is 3.56. The zero-order chi connectivity index (χ0) is 14.4. The molecular weight excluding hydrogens is 252 g/mol. The number of pyridine rings is 1. The van der Waals surface area contributed by atoms with Crippen molar-refractivity contribution in [2.75, 3.05) is 6.61 Å². The molecule has 1 heterocycles. The number of hydrogen-bond acceptors (Lipinski definition) is 4. The van der Waals surface area contributed by atoms with Gasteiger partial charge in [0, 0.05) is 25.0 Å². The lowest BCUT2D eigenvalue weighted by Crippen LogP contribution is -2.29. The van der Waals surface area contributed by atoms with Gasteiger partial charge < -0.3 is 15.6 Å². The number of rotatable bonds is 6. The van der Waals surface area contributed by atoms with Crippen molar-refractivity contribution in [3.8, 4) is 5.75 Å². The minimum absolute atomic E-state index is 0.0957. The predicted molar refractivity (Wildman–Crippen MR) is 78.5 cm³/mol. The maximum atomic E-state index is 9.12. The number of para-hydroxylation sites is 1. The quantitative estimate of drug-likeness (QED) is 0.845. The minimum Gasteiger partial charge on any atom is -0.484 e. The number of nitrogens with two attached hydrogens (primary N) is 1. The van der Waals surface area contributed by atoms with Gasteiger partial charge in [0.25, 0.3) is 0 Å². The van der Waals surface area contributed by atoms with Gasteiger partial charge in [-0.05, 0) is 42.7 Å². The maximum Gasteiger partial charge on any atom is 0.139 e. The van der Waals surface area contributed by atoms with Crippen LogP contribution in [0, 0.1) is 0 Å². The summed E-state index contributed by atoms with van der Waals surface area (Å²) in [7, 11) is 0. The van der Waals surface area contributed by atoms with Crippen LogP contribution in [-0.2, 0) is 6.42 Å². The molecule has 0 bridgehead atoms. The van der Waals surface area contributed by atoms with E-state index in [4.69, 9.17) is 15.6 Å². The first kappa shape index (κ1) is 14.5. The van der Waals surface area contributed by atoms with Crippen LogP contribution in [0.4, 0.5) is 0 Å². The first-order chi connectivity index (χ1) is 9.72. The molecule has 3 N–H and O–H groups in total. The van der Waals surface area contributed by atoms with E-state index in [1.807, 2.05) is 43.3 Å². The molecule has 0 saturated carbocycles. The van der Waals surface area contributed by atoms with Crippen LogP contribution < -0.4 is 10.5 Å². The molecule has 2 rings (SSSR count). The van der Waals surface area contributed by atoms with Crippen LogP contribution in [0.5, 0.6) is 5.75 Å². The van der Waals surface area contributed by atoms with Crippen molar-refractivity contribution in [1.29, 1.82) is 0 Å². The molecule has 0 spiro atoms. The molecule has 0 saturated heterocycles. The van der Waals surface area contributed by atoms with Gasteiger partial charge in [-0.3, -0.25) is 4.98 Å². The van der Waals surface area contributed by atoms with Crippen LogP contribution in [0.25, 0.3) is 0 Å². The molecule has 0 aliphatic heterocycles. The summed E-state index contributed by atoms with van der Waals surface area (Å²) in [5, 5.41) is 9.12. The normalized spacial score (nSPS) is 13.8. The molecule has 106 valence electrons. The second-order valence-corrected chi connectivity index (χ2v) is 4.76. The molecule has 0 fully saturated rings. The number of aromatic nitrogens is 1. The highest BCUT2D eigenvalue weighted by Crippen LogP contribution is 2.27. The summed E-state index contributed by atoms with van der Waals surface area (Å²) >= 11 is 0. The van der Waals surface area contributed by atoms with E-state index in [9.17, 15) is 0 Å². The van der Waals surface area contributed by atoms with E-state index >= 15 is 0 Å². The van der Waals surface area contributed by atoms with Gasteiger partial charge >= 0.3 is 0 Å². The summed E-state index contributed by atoms with van der Waals surface area (Å²) < 4.78 is 6.08. The Morgan fingerprint density at radius 2 is 1.90 bits per heavy atom. The Morgan fingerprint density at radius 3 is 2.55 bits per heavy atom. The number of benzene rings is 1. The van der Waals surface area contributed by atoms with Gasteiger partial charge in [-0.25, -0.2) is 0 Å². The molecule has 2 unspecified atom stereocenters. The molecule has 20 heavy (non-hydrogen) atoms. The molecule has 0 radical (unpaired) electrons. The molecule has 0 aliphatic carbocycles. The summed E-state index contributed by atoms with van der Waals surface area (Å²) in [6.07, 6.45) is 3.79. The number of hydrogen-bond donors (Lipinski definition) is 2. The number of aliphatic hydroxyl groups is 1. The van der Waals surface area contributed by atoms with Gasteiger partial charge in [0.05, 0.1) is 0 Å². The fourth-order valence-electron chi connectivity index (χ4n) is 2.11. The fraction of sp³-hybridized carbons (Fsp3) is 0.312. The van der Waals surface area contributed by atoms with Gasteiger partial charge in [-0.15, -0.1) is 0 Å². The average molecular weight is 272 g/mol. The van der Waals surface area contributed by atoms with Crippen molar-refractivity contribution in [2.24, 2.45) is 5.73 Å². The van der Waals surface area contributed by atoms with E-state index in [1.165, 1.54) is 0 Å². The number of nitrogens with zero attached hydrogens (tertiary/aromatic N) is 1. The molecule has 0 aliphatic rings. The van der Waals surface area contributed by atoms with Gasteiger partial charge in [0.15, 0.2) is 0 Å². The lowest BCUT2D eigenvalue weighted by Gasteiger charge is -2.24. The van der Waals surface area contributed by atoms with Crippen LogP contribution >= 0.6 is 0 Å². The van der Waals surface area contributed by atoms with E-state index in [0.29, 0.717) is 6.42 Å². The van der Waals surface area contributed by atoms with Gasteiger partial charge in [0.1, 0.15) is 11.9 Å². The van der Waals surface area contributed by atoms with Gasteiger partial charge in [0.2, 0.25) is 0 Å². The zero-order valence-corrected chi connectivity index (χ0v) is 11.6. The smallest absolute Gasteiger partial charge is 0.139 e. The Balaban J connectivity index is 2.25. The molecule has 1 aromatic carbocycles. The van der Waals surface area contributed by atoms with Crippen molar-refractivity contribution in [3.05, 3.63) is 59.9 Å². The molecule has 2 atom stereocenters. The minimum atomic E-state index is -0.238. The van der Waals surface area contributed by atoms with Crippen LogP contribution in [0.3, 0.4) is 0 Å². The summed E-state index contributed by atoms with van der Waals surface area (Å²) in [5.74, 6) is 0.765. The first-order valence-electron chi connectivity index (χ1n) is 6.73. The predicted octanol–water partition coefficient (Wildman–Crippen LogP) is 2.08. The SMILES string of the molecule is CC(N)C(Oc1ccccc1CCO)c1ccncc1. The van der Waals surface area contributed by atoms with Gasteiger partial charge in [-0.1, -0.05) is 18.2 Å². The summed E-state index contributed by atoms with van der Waals surface area (Å²) in [5.41, 5.74) is 8.02. The molecule has 1 aromatic heterocycles. The van der Waals surface area contributed by atoms with Crippen molar-refractivity contribution < 1.29 is 9.84 Å². The molecule has 2 aromatic rings. The van der Waals surface area contributed by atoms with E-state index in [2.05, 4.69) is 4.98 Å². The Kier molecular flexibility index (Phi) is 5.09. The van der Waals surface area contributed by atoms with Crippen LogP contribution in [-0.4, -0.2) is 22.7 Å². The van der Waals surface area contributed by atoms with E-state index in [1.54, 1.807) is 12.4 Å². The van der Waals surface area contributed by atoms with E-state index in [0.717, 1.165) is 16.9 Å². The monoisotopic (exact) mass is 272 g/mol. The standard InChI is InChI=1S/C16H20N2O2/c1-12(17)16(14-6-9-18-10-7-14)20-15-5-3-2-4-13(15)8-11-19/h2-7,9-10,12,16,19H,8,11,17H2,1H3. The van der Waals surface area contributed by atoms with Crippen LogP contribution in [0.1, 0.15) is 24.2 Å². The fourth-order valence-corrected chi connectivity index (χ4v) is 2.11. The third-order valence-corrected chi connectivity index (χ3v) is 3.12. The zero-order valence-electron chi connectivity index (χ0n) is 11.6. The largest absolute Gasteiger partial charge is 0.484 e. The summed E-state index contributed by atoms with van der Waals surface area (Å²) in [6, 6.07) is 11.4. The summed E-state index contributed by atoms with van der Waals surface area (Å²) in [4.78, 5) is 4.01. The first-order valence-corrected chi connectivity index (χ1v) is 6.73. The molecule has 4 nitrogen and oxygen atoms in total. The lowest BCUT2D eigenvalue weighted by atomic mass is 10.0. The van der Waals surface area contributed by atoms with Crippen molar-refractivity contribution >= 4 is 0 Å². The number of ether oxygens (including phenoxy) is 1. The van der Waals surface area contributed by atoms with Gasteiger partial charge in [-0.2, -0.15) is 0 Å². The van der Waals surface area contributed by atoms with E-state index in [-0.39, 0.29) is 18.8 Å². The lowest BCUT2D eigenvalue weighted by molar-refractivity contribution is 0.177.